The highest BCUT2D eigenvalue weighted by molar-refractivity contribution is 7.88. The molecule has 1 unspecified atom stereocenters. The first-order valence-electron chi connectivity index (χ1n) is 5.45. The van der Waals surface area contributed by atoms with Crippen LogP contribution >= 0.6 is 0 Å². The number of benzene rings is 2. The normalized spacial score (nSPS) is 12.3. The van der Waals surface area contributed by atoms with E-state index in [1.165, 1.54) is 5.41 Å². The van der Waals surface area contributed by atoms with Crippen LogP contribution in [0.4, 0.5) is 0 Å². The van der Waals surface area contributed by atoms with E-state index in [1.54, 1.807) is 0 Å². The first-order valence-corrected chi connectivity index (χ1v) is 6.72. The zero-order chi connectivity index (χ0) is 12.1. The van der Waals surface area contributed by atoms with Gasteiger partial charge in [-0.3, -0.25) is 4.21 Å². The summed E-state index contributed by atoms with van der Waals surface area (Å²) >= 11 is 0. The molecule has 1 nitrogen and oxygen atoms in total. The lowest BCUT2D eigenvalue weighted by molar-refractivity contribution is 0.684. The van der Waals surface area contributed by atoms with E-state index in [0.29, 0.717) is 0 Å². The summed E-state index contributed by atoms with van der Waals surface area (Å²) in [5, 5.41) is 1.37. The van der Waals surface area contributed by atoms with Gasteiger partial charge in [-0.25, -0.2) is 0 Å². The average Bonchev–Trinajstić information content (AvgIpc) is 2.41. The summed E-state index contributed by atoms with van der Waals surface area (Å²) in [6.07, 6.45) is 0. The van der Waals surface area contributed by atoms with Gasteiger partial charge in [0.05, 0.1) is 16.0 Å². The molecule has 0 aliphatic heterocycles. The Labute approximate surface area is 104 Å². The van der Waals surface area contributed by atoms with Crippen molar-refractivity contribution in [2.24, 2.45) is 0 Å². The molecule has 0 heterocycles. The fourth-order valence-corrected chi connectivity index (χ4v) is 2.86. The molecule has 0 fully saturated rings. The first kappa shape index (κ1) is 11.8. The number of hydrogen-bond donors (Lipinski definition) is 0. The third-order valence-electron chi connectivity index (χ3n) is 2.60. The number of hydrogen-bond acceptors (Lipinski definition) is 1. The van der Waals surface area contributed by atoms with Gasteiger partial charge in [0.25, 0.3) is 0 Å². The standard InChI is InChI=1S/C15H14OS/c1-2-17(16)15(13-9-5-3-6-10-13)14-11-7-4-8-12-14/h2-12,15H,1H2. The van der Waals surface area contributed by atoms with Crippen LogP contribution in [0.5, 0.6) is 0 Å². The predicted octanol–water partition coefficient (Wildman–Crippen LogP) is 3.67. The summed E-state index contributed by atoms with van der Waals surface area (Å²) in [5.41, 5.74) is 2.11. The zero-order valence-corrected chi connectivity index (χ0v) is 10.3. The molecule has 0 aliphatic carbocycles. The molecule has 86 valence electrons. The molecular formula is C15H14OS. The summed E-state index contributed by atoms with van der Waals surface area (Å²) in [4.78, 5) is 0. The van der Waals surface area contributed by atoms with E-state index in [2.05, 4.69) is 6.58 Å². The van der Waals surface area contributed by atoms with Crippen molar-refractivity contribution < 1.29 is 4.21 Å². The summed E-state index contributed by atoms with van der Waals surface area (Å²) in [5.74, 6) is 0. The molecule has 0 saturated carbocycles. The zero-order valence-electron chi connectivity index (χ0n) is 9.45. The van der Waals surface area contributed by atoms with E-state index < -0.39 is 10.8 Å². The highest BCUT2D eigenvalue weighted by atomic mass is 32.2. The van der Waals surface area contributed by atoms with Gasteiger partial charge in [0.1, 0.15) is 0 Å². The third-order valence-corrected chi connectivity index (χ3v) is 3.94. The van der Waals surface area contributed by atoms with Crippen LogP contribution in [-0.2, 0) is 10.8 Å². The van der Waals surface area contributed by atoms with E-state index in [-0.39, 0.29) is 5.25 Å². The average molecular weight is 242 g/mol. The molecule has 0 aliphatic rings. The van der Waals surface area contributed by atoms with Crippen LogP contribution in [0.2, 0.25) is 0 Å². The van der Waals surface area contributed by atoms with Gasteiger partial charge in [-0.2, -0.15) is 0 Å². The quantitative estimate of drug-likeness (QED) is 0.799. The van der Waals surface area contributed by atoms with Crippen LogP contribution < -0.4 is 0 Å². The monoisotopic (exact) mass is 242 g/mol. The molecule has 0 amide bonds. The van der Waals surface area contributed by atoms with Crippen molar-refractivity contribution in [1.82, 2.24) is 0 Å². The molecule has 0 saturated heterocycles. The van der Waals surface area contributed by atoms with Crippen molar-refractivity contribution in [3.05, 3.63) is 83.8 Å². The Hall–Kier alpha value is -1.67. The van der Waals surface area contributed by atoms with Gasteiger partial charge < -0.3 is 0 Å². The topological polar surface area (TPSA) is 17.1 Å². The lowest BCUT2D eigenvalue weighted by atomic mass is 10.0. The SMILES string of the molecule is C=CS(=O)C(c1ccccc1)c1ccccc1. The molecule has 2 aromatic rings. The summed E-state index contributed by atoms with van der Waals surface area (Å²) in [7, 11) is -1.10. The van der Waals surface area contributed by atoms with Gasteiger partial charge in [0, 0.05) is 0 Å². The fourth-order valence-electron chi connectivity index (χ4n) is 1.81. The van der Waals surface area contributed by atoms with Crippen LogP contribution in [0.25, 0.3) is 0 Å². The van der Waals surface area contributed by atoms with Crippen molar-refractivity contribution in [3.8, 4) is 0 Å². The molecule has 0 aromatic heterocycles. The maximum atomic E-state index is 12.1. The Balaban J connectivity index is 2.47. The predicted molar refractivity (Wildman–Crippen MR) is 73.1 cm³/mol. The second kappa shape index (κ2) is 5.60. The van der Waals surface area contributed by atoms with Crippen molar-refractivity contribution >= 4 is 10.8 Å². The van der Waals surface area contributed by atoms with Crippen molar-refractivity contribution in [1.29, 1.82) is 0 Å². The van der Waals surface area contributed by atoms with Crippen LogP contribution in [0.3, 0.4) is 0 Å². The molecule has 17 heavy (non-hydrogen) atoms. The van der Waals surface area contributed by atoms with Crippen molar-refractivity contribution in [2.75, 3.05) is 0 Å². The van der Waals surface area contributed by atoms with Gasteiger partial charge >= 0.3 is 0 Å². The minimum absolute atomic E-state index is 0.130. The molecule has 0 bridgehead atoms. The van der Waals surface area contributed by atoms with Gasteiger partial charge in [-0.1, -0.05) is 67.2 Å². The molecule has 1 atom stereocenters. The second-order valence-electron chi connectivity index (χ2n) is 3.70. The minimum Gasteiger partial charge on any atom is -0.254 e. The lowest BCUT2D eigenvalue weighted by Crippen LogP contribution is -2.05. The van der Waals surface area contributed by atoms with Gasteiger partial charge in [-0.15, -0.1) is 0 Å². The third kappa shape index (κ3) is 2.71. The van der Waals surface area contributed by atoms with Crippen LogP contribution in [0.15, 0.2) is 72.7 Å². The molecule has 0 spiro atoms. The Bertz CT molecular complexity index is 465. The minimum atomic E-state index is -1.10. The first-order chi connectivity index (χ1) is 8.33. The van der Waals surface area contributed by atoms with Crippen molar-refractivity contribution in [2.45, 2.75) is 5.25 Å². The molecular weight excluding hydrogens is 228 g/mol. The maximum absolute atomic E-state index is 12.1. The van der Waals surface area contributed by atoms with Crippen LogP contribution in [0.1, 0.15) is 16.4 Å². The van der Waals surface area contributed by atoms with E-state index in [0.717, 1.165) is 11.1 Å². The highest BCUT2D eigenvalue weighted by Gasteiger charge is 2.18. The number of rotatable bonds is 4. The smallest absolute Gasteiger partial charge is 0.0887 e. The Morgan fingerprint density at radius 2 is 1.29 bits per heavy atom. The lowest BCUT2D eigenvalue weighted by Gasteiger charge is -2.15. The van der Waals surface area contributed by atoms with Gasteiger partial charge in [0.2, 0.25) is 0 Å². The molecule has 2 heteroatoms. The molecule has 0 radical (unpaired) electrons. The van der Waals surface area contributed by atoms with E-state index in [9.17, 15) is 4.21 Å². The van der Waals surface area contributed by atoms with Crippen LogP contribution in [-0.4, -0.2) is 4.21 Å². The maximum Gasteiger partial charge on any atom is 0.0887 e. The van der Waals surface area contributed by atoms with E-state index in [4.69, 9.17) is 0 Å². The summed E-state index contributed by atoms with van der Waals surface area (Å²) in [6, 6.07) is 19.8. The van der Waals surface area contributed by atoms with E-state index >= 15 is 0 Å². The van der Waals surface area contributed by atoms with Crippen LogP contribution in [0, 0.1) is 0 Å². The van der Waals surface area contributed by atoms with Gasteiger partial charge in [-0.05, 0) is 16.5 Å². The molecule has 0 N–H and O–H groups in total. The van der Waals surface area contributed by atoms with E-state index in [1.807, 2.05) is 60.7 Å². The fraction of sp³-hybridized carbons (Fsp3) is 0.0667. The summed E-state index contributed by atoms with van der Waals surface area (Å²) in [6.45, 7) is 3.63. The summed E-state index contributed by atoms with van der Waals surface area (Å²) < 4.78 is 12.1. The Morgan fingerprint density at radius 3 is 1.65 bits per heavy atom. The highest BCUT2D eigenvalue weighted by Crippen LogP contribution is 2.28. The Kier molecular flexibility index (Phi) is 3.89. The second-order valence-corrected chi connectivity index (χ2v) is 5.16. The molecule has 2 rings (SSSR count). The molecule has 2 aromatic carbocycles. The Morgan fingerprint density at radius 1 is 0.882 bits per heavy atom. The van der Waals surface area contributed by atoms with Gasteiger partial charge in [0.15, 0.2) is 0 Å². The van der Waals surface area contributed by atoms with Crippen molar-refractivity contribution in [3.63, 3.8) is 0 Å². The largest absolute Gasteiger partial charge is 0.254 e.